The molecule has 0 aliphatic carbocycles. The lowest BCUT2D eigenvalue weighted by atomic mass is 9.95. The average Bonchev–Trinajstić information content (AvgIpc) is 2.55. The maximum Gasteiger partial charge on any atom is 0.244 e. The van der Waals surface area contributed by atoms with Crippen LogP contribution >= 0.6 is 0 Å². The van der Waals surface area contributed by atoms with Crippen LogP contribution in [0.5, 0.6) is 0 Å². The third-order valence-corrected chi connectivity index (χ3v) is 4.13. The average molecular weight is 333 g/mol. The van der Waals surface area contributed by atoms with E-state index in [0.29, 0.717) is 13.1 Å². The molecule has 0 saturated carbocycles. The fourth-order valence-electron chi connectivity index (χ4n) is 2.58. The first-order chi connectivity index (χ1) is 11.3. The maximum absolute atomic E-state index is 12.5. The highest BCUT2D eigenvalue weighted by Crippen LogP contribution is 2.16. The molecule has 1 aromatic heterocycles. The first kappa shape index (κ1) is 18.2. The number of hydrogen-bond donors (Lipinski definition) is 2. The fraction of sp³-hybridized carbons (Fsp3) is 0.647. The molecule has 2 heterocycles. The number of amides is 2. The highest BCUT2D eigenvalue weighted by atomic mass is 16.2. The molecule has 1 fully saturated rings. The summed E-state index contributed by atoms with van der Waals surface area (Å²) in [6.07, 6.45) is 3.34. The number of carbonyl (C=O) groups is 2. The van der Waals surface area contributed by atoms with Crippen LogP contribution in [-0.2, 0) is 9.59 Å². The van der Waals surface area contributed by atoms with Gasteiger partial charge in [-0.05, 0) is 31.9 Å². The van der Waals surface area contributed by atoms with Crippen molar-refractivity contribution in [1.29, 1.82) is 0 Å². The molecule has 1 atom stereocenters. The van der Waals surface area contributed by atoms with Gasteiger partial charge in [-0.2, -0.15) is 5.10 Å². The maximum atomic E-state index is 12.5. The molecule has 0 spiro atoms. The number of aromatic nitrogens is 2. The van der Waals surface area contributed by atoms with Gasteiger partial charge in [0.05, 0.1) is 0 Å². The molecule has 1 aromatic rings. The molecule has 1 aliphatic rings. The summed E-state index contributed by atoms with van der Waals surface area (Å²) in [5.74, 6) is 0.626. The van der Waals surface area contributed by atoms with Gasteiger partial charge in [-0.25, -0.2) is 0 Å². The first-order valence-corrected chi connectivity index (χ1v) is 8.41. The van der Waals surface area contributed by atoms with E-state index in [0.717, 1.165) is 18.7 Å². The van der Waals surface area contributed by atoms with Gasteiger partial charge in [0, 0.05) is 30.7 Å². The van der Waals surface area contributed by atoms with Gasteiger partial charge in [-0.15, -0.1) is 5.10 Å². The molecule has 0 unspecified atom stereocenters. The molecule has 2 amide bonds. The van der Waals surface area contributed by atoms with E-state index in [2.05, 4.69) is 20.8 Å². The van der Waals surface area contributed by atoms with Gasteiger partial charge in [-0.3, -0.25) is 9.59 Å². The van der Waals surface area contributed by atoms with Crippen LogP contribution in [0.4, 0.5) is 5.82 Å². The summed E-state index contributed by atoms with van der Waals surface area (Å²) >= 11 is 0. The van der Waals surface area contributed by atoms with Gasteiger partial charge in [0.15, 0.2) is 0 Å². The molecular formula is C17H27N5O2. The van der Waals surface area contributed by atoms with E-state index in [9.17, 15) is 9.59 Å². The Bertz CT molecular complexity index is 562. The van der Waals surface area contributed by atoms with Crippen LogP contribution in [0.1, 0.15) is 40.5 Å². The Morgan fingerprint density at radius 1 is 1.29 bits per heavy atom. The molecule has 2 N–H and O–H groups in total. The van der Waals surface area contributed by atoms with Crippen LogP contribution in [-0.4, -0.2) is 52.1 Å². The van der Waals surface area contributed by atoms with Gasteiger partial charge in [-0.1, -0.05) is 20.8 Å². The number of nitrogens with one attached hydrogen (secondary N) is 2. The summed E-state index contributed by atoms with van der Waals surface area (Å²) in [5, 5.41) is 14.0. The molecular weight excluding hydrogens is 306 g/mol. The summed E-state index contributed by atoms with van der Waals surface area (Å²) in [6, 6.07) is 3.51. The number of piperidine rings is 1. The summed E-state index contributed by atoms with van der Waals surface area (Å²) in [7, 11) is 0. The van der Waals surface area contributed by atoms with Crippen molar-refractivity contribution in [1.82, 2.24) is 20.4 Å². The number of likely N-dealkylation sites (tertiary alicyclic amines) is 1. The third kappa shape index (κ3) is 4.91. The molecule has 7 heteroatoms. The summed E-state index contributed by atoms with van der Waals surface area (Å²) < 4.78 is 0. The Kier molecular flexibility index (Phi) is 5.75. The molecule has 2 rings (SSSR count). The summed E-state index contributed by atoms with van der Waals surface area (Å²) in [6.45, 7) is 8.60. The monoisotopic (exact) mass is 333 g/mol. The number of rotatable bonds is 4. The zero-order valence-corrected chi connectivity index (χ0v) is 14.9. The first-order valence-electron chi connectivity index (χ1n) is 8.41. The second-order valence-corrected chi connectivity index (χ2v) is 7.30. The van der Waals surface area contributed by atoms with Crippen molar-refractivity contribution in [2.45, 2.75) is 52.6 Å². The van der Waals surface area contributed by atoms with E-state index < -0.39 is 11.5 Å². The lowest BCUT2D eigenvalue weighted by Crippen LogP contribution is -2.52. The smallest absolute Gasteiger partial charge is 0.244 e. The number of nitrogens with zero attached hydrogens (tertiary/aromatic N) is 3. The second kappa shape index (κ2) is 7.59. The van der Waals surface area contributed by atoms with Crippen LogP contribution in [0, 0.1) is 5.41 Å². The van der Waals surface area contributed by atoms with Gasteiger partial charge < -0.3 is 15.5 Å². The quantitative estimate of drug-likeness (QED) is 0.870. The molecule has 0 radical (unpaired) electrons. The predicted molar refractivity (Wildman–Crippen MR) is 92.3 cm³/mol. The fourth-order valence-corrected chi connectivity index (χ4v) is 2.58. The highest BCUT2D eigenvalue weighted by Gasteiger charge is 2.29. The van der Waals surface area contributed by atoms with E-state index >= 15 is 0 Å². The normalized spacial score (nSPS) is 17.2. The van der Waals surface area contributed by atoms with E-state index in [4.69, 9.17) is 0 Å². The topological polar surface area (TPSA) is 87.2 Å². The predicted octanol–water partition coefficient (Wildman–Crippen LogP) is 1.43. The molecule has 0 aromatic carbocycles. The van der Waals surface area contributed by atoms with Crippen LogP contribution < -0.4 is 10.6 Å². The van der Waals surface area contributed by atoms with Crippen molar-refractivity contribution in [2.75, 3.05) is 18.4 Å². The van der Waals surface area contributed by atoms with Crippen molar-refractivity contribution in [3.8, 4) is 0 Å². The van der Waals surface area contributed by atoms with Crippen LogP contribution in [0.25, 0.3) is 0 Å². The van der Waals surface area contributed by atoms with Crippen LogP contribution in [0.2, 0.25) is 0 Å². The van der Waals surface area contributed by atoms with E-state index in [1.165, 1.54) is 0 Å². The van der Waals surface area contributed by atoms with Crippen molar-refractivity contribution in [3.05, 3.63) is 18.3 Å². The van der Waals surface area contributed by atoms with Crippen molar-refractivity contribution in [3.63, 3.8) is 0 Å². The Balaban J connectivity index is 1.81. The minimum Gasteiger partial charge on any atom is -0.366 e. The standard InChI is InChI=1S/C17H27N5O2/c1-12(19-16(24)17(2,3)4)15(23)22-10-7-13(8-11-22)20-14-6-5-9-18-21-14/h5-6,9,12-13H,7-8,10-11H2,1-4H3,(H,19,24)(H,20,21)/t12-/m0/s1. The van der Waals surface area contributed by atoms with Gasteiger partial charge in [0.2, 0.25) is 11.8 Å². The van der Waals surface area contributed by atoms with Crippen molar-refractivity contribution in [2.24, 2.45) is 5.41 Å². The largest absolute Gasteiger partial charge is 0.366 e. The van der Waals surface area contributed by atoms with Crippen molar-refractivity contribution < 1.29 is 9.59 Å². The van der Waals surface area contributed by atoms with Gasteiger partial charge in [0.1, 0.15) is 11.9 Å². The highest BCUT2D eigenvalue weighted by molar-refractivity contribution is 5.89. The summed E-state index contributed by atoms with van der Waals surface area (Å²) in [4.78, 5) is 26.3. The molecule has 1 aliphatic heterocycles. The Morgan fingerprint density at radius 3 is 2.50 bits per heavy atom. The Morgan fingerprint density at radius 2 is 1.96 bits per heavy atom. The second-order valence-electron chi connectivity index (χ2n) is 7.30. The third-order valence-electron chi connectivity index (χ3n) is 4.13. The zero-order chi connectivity index (χ0) is 17.7. The molecule has 24 heavy (non-hydrogen) atoms. The number of hydrogen-bond acceptors (Lipinski definition) is 5. The van der Waals surface area contributed by atoms with Crippen LogP contribution in [0.15, 0.2) is 18.3 Å². The van der Waals surface area contributed by atoms with E-state index in [1.807, 2.05) is 37.8 Å². The Labute approximate surface area is 143 Å². The zero-order valence-electron chi connectivity index (χ0n) is 14.9. The lowest BCUT2D eigenvalue weighted by molar-refractivity contribution is -0.138. The lowest BCUT2D eigenvalue weighted by Gasteiger charge is -2.34. The summed E-state index contributed by atoms with van der Waals surface area (Å²) in [5.41, 5.74) is -0.498. The molecule has 0 bridgehead atoms. The Hall–Kier alpha value is -2.18. The van der Waals surface area contributed by atoms with E-state index in [-0.39, 0.29) is 17.9 Å². The van der Waals surface area contributed by atoms with Crippen LogP contribution in [0.3, 0.4) is 0 Å². The number of anilines is 1. The van der Waals surface area contributed by atoms with Crippen molar-refractivity contribution >= 4 is 17.6 Å². The molecule has 7 nitrogen and oxygen atoms in total. The SMILES string of the molecule is C[C@H](NC(=O)C(C)(C)C)C(=O)N1CCC(Nc2cccnn2)CC1. The van der Waals surface area contributed by atoms with Gasteiger partial charge >= 0.3 is 0 Å². The number of carbonyl (C=O) groups excluding carboxylic acids is 2. The minimum atomic E-state index is -0.499. The van der Waals surface area contributed by atoms with E-state index in [1.54, 1.807) is 13.1 Å². The minimum absolute atomic E-state index is 0.0226. The molecule has 132 valence electrons. The molecule has 1 saturated heterocycles. The van der Waals surface area contributed by atoms with Gasteiger partial charge in [0.25, 0.3) is 0 Å².